The molecule has 0 amide bonds. The van der Waals surface area contributed by atoms with Gasteiger partial charge in [-0.1, -0.05) is 18.4 Å². The summed E-state index contributed by atoms with van der Waals surface area (Å²) in [5.41, 5.74) is 0. The van der Waals surface area contributed by atoms with Crippen molar-refractivity contribution >= 4 is 6.01 Å². The van der Waals surface area contributed by atoms with E-state index in [0.29, 0.717) is 11.9 Å². The Morgan fingerprint density at radius 1 is 1.44 bits per heavy atom. The van der Waals surface area contributed by atoms with Crippen molar-refractivity contribution in [2.45, 2.75) is 45.6 Å². The monoisotopic (exact) mass is 252 g/mol. The molecule has 1 aromatic heterocycles. The van der Waals surface area contributed by atoms with Gasteiger partial charge in [-0.05, 0) is 38.6 Å². The fourth-order valence-corrected chi connectivity index (χ4v) is 2.14. The molecule has 0 saturated heterocycles. The topological polar surface area (TPSA) is 54.2 Å². The van der Waals surface area contributed by atoms with Gasteiger partial charge in [0.2, 0.25) is 5.89 Å². The minimum atomic E-state index is 0.128. The smallest absolute Gasteiger partial charge is 0.317 e. The first kappa shape index (κ1) is 13.3. The number of aromatic nitrogens is 2. The molecule has 0 radical (unpaired) electrons. The molecule has 2 rings (SSSR count). The molecule has 1 N–H and O–H groups in total. The highest BCUT2D eigenvalue weighted by atomic mass is 16.4. The molecular formula is C13H24N4O. The molecule has 0 bridgehead atoms. The summed E-state index contributed by atoms with van der Waals surface area (Å²) in [6.45, 7) is 6.19. The van der Waals surface area contributed by atoms with Gasteiger partial charge in [0.1, 0.15) is 0 Å². The minimum absolute atomic E-state index is 0.128. The summed E-state index contributed by atoms with van der Waals surface area (Å²) in [6.07, 6.45) is 5.14. The highest BCUT2D eigenvalue weighted by Crippen LogP contribution is 2.28. The highest BCUT2D eigenvalue weighted by molar-refractivity contribution is 5.22. The number of rotatable bonds is 7. The Bertz CT molecular complexity index is 362. The van der Waals surface area contributed by atoms with Crippen molar-refractivity contribution in [2.75, 3.05) is 25.0 Å². The van der Waals surface area contributed by atoms with Gasteiger partial charge in [0.25, 0.3) is 0 Å². The van der Waals surface area contributed by atoms with Crippen LogP contribution in [0.15, 0.2) is 4.42 Å². The van der Waals surface area contributed by atoms with Crippen LogP contribution in [0, 0.1) is 5.92 Å². The largest absolute Gasteiger partial charge is 0.406 e. The molecular weight excluding hydrogens is 228 g/mol. The van der Waals surface area contributed by atoms with Crippen LogP contribution in [0.25, 0.3) is 0 Å². The molecule has 0 aromatic carbocycles. The Hall–Kier alpha value is -1.10. The van der Waals surface area contributed by atoms with Gasteiger partial charge in [0, 0.05) is 13.6 Å². The maximum atomic E-state index is 5.71. The van der Waals surface area contributed by atoms with Crippen LogP contribution in [-0.2, 0) is 0 Å². The molecule has 5 heteroatoms. The van der Waals surface area contributed by atoms with E-state index in [4.69, 9.17) is 4.42 Å². The normalized spacial score (nSPS) is 17.5. The lowest BCUT2D eigenvalue weighted by molar-refractivity contribution is 0.314. The summed E-state index contributed by atoms with van der Waals surface area (Å²) in [5, 5.41) is 11.6. The number of anilines is 1. The second-order valence-corrected chi connectivity index (χ2v) is 5.28. The first-order valence-corrected chi connectivity index (χ1v) is 6.98. The van der Waals surface area contributed by atoms with Crippen LogP contribution in [0.2, 0.25) is 0 Å². The summed E-state index contributed by atoms with van der Waals surface area (Å²) in [4.78, 5) is 2.08. The summed E-state index contributed by atoms with van der Waals surface area (Å²) in [7, 11) is 2.03. The first-order valence-electron chi connectivity index (χ1n) is 6.98. The quantitative estimate of drug-likeness (QED) is 0.807. The van der Waals surface area contributed by atoms with E-state index in [1.807, 2.05) is 7.05 Å². The van der Waals surface area contributed by atoms with Gasteiger partial charge in [-0.15, -0.1) is 5.10 Å². The van der Waals surface area contributed by atoms with Crippen LogP contribution < -0.4 is 10.2 Å². The van der Waals surface area contributed by atoms with Crippen LogP contribution in [0.4, 0.5) is 6.01 Å². The molecule has 18 heavy (non-hydrogen) atoms. The van der Waals surface area contributed by atoms with Gasteiger partial charge < -0.3 is 14.6 Å². The van der Waals surface area contributed by atoms with E-state index in [2.05, 4.69) is 34.3 Å². The van der Waals surface area contributed by atoms with E-state index in [-0.39, 0.29) is 6.04 Å². The SMILES string of the molecule is CCCNC(C)c1nnc(N(C)CC2CCC2)o1. The van der Waals surface area contributed by atoms with Crippen molar-refractivity contribution in [3.8, 4) is 0 Å². The highest BCUT2D eigenvalue weighted by Gasteiger charge is 2.22. The molecule has 1 heterocycles. The van der Waals surface area contributed by atoms with Crippen LogP contribution in [0.3, 0.4) is 0 Å². The molecule has 5 nitrogen and oxygen atoms in total. The van der Waals surface area contributed by atoms with Crippen molar-refractivity contribution in [3.63, 3.8) is 0 Å². The summed E-state index contributed by atoms with van der Waals surface area (Å²) in [6, 6.07) is 0.769. The zero-order valence-corrected chi connectivity index (χ0v) is 11.6. The Labute approximate surface area is 109 Å². The maximum absolute atomic E-state index is 5.71. The van der Waals surface area contributed by atoms with Gasteiger partial charge in [0.15, 0.2) is 0 Å². The molecule has 1 saturated carbocycles. The molecule has 1 unspecified atom stereocenters. The average molecular weight is 252 g/mol. The van der Waals surface area contributed by atoms with Gasteiger partial charge in [-0.3, -0.25) is 0 Å². The lowest BCUT2D eigenvalue weighted by atomic mass is 9.85. The van der Waals surface area contributed by atoms with E-state index in [1.165, 1.54) is 19.3 Å². The summed E-state index contributed by atoms with van der Waals surface area (Å²) >= 11 is 0. The Kier molecular flexibility index (Phi) is 4.58. The Morgan fingerprint density at radius 3 is 2.83 bits per heavy atom. The maximum Gasteiger partial charge on any atom is 0.317 e. The molecule has 1 aromatic rings. The molecule has 1 aliphatic rings. The molecule has 0 spiro atoms. The zero-order chi connectivity index (χ0) is 13.0. The lowest BCUT2D eigenvalue weighted by Gasteiger charge is -2.29. The van der Waals surface area contributed by atoms with Crippen LogP contribution in [0.1, 0.15) is 51.5 Å². The fraction of sp³-hybridized carbons (Fsp3) is 0.846. The van der Waals surface area contributed by atoms with Crippen molar-refractivity contribution in [3.05, 3.63) is 5.89 Å². The second-order valence-electron chi connectivity index (χ2n) is 5.28. The number of nitrogens with zero attached hydrogens (tertiary/aromatic N) is 3. The van der Waals surface area contributed by atoms with Gasteiger partial charge in [-0.25, -0.2) is 0 Å². The molecule has 1 fully saturated rings. The molecule has 102 valence electrons. The molecule has 0 aliphatic heterocycles. The third-order valence-corrected chi connectivity index (χ3v) is 3.58. The number of hydrogen-bond donors (Lipinski definition) is 1. The van der Waals surface area contributed by atoms with Gasteiger partial charge in [0.05, 0.1) is 6.04 Å². The fourth-order valence-electron chi connectivity index (χ4n) is 2.14. The van der Waals surface area contributed by atoms with Crippen molar-refractivity contribution in [1.29, 1.82) is 0 Å². The van der Waals surface area contributed by atoms with Crippen molar-refractivity contribution in [1.82, 2.24) is 15.5 Å². The van der Waals surface area contributed by atoms with Crippen LogP contribution in [-0.4, -0.2) is 30.3 Å². The predicted molar refractivity (Wildman–Crippen MR) is 71.6 cm³/mol. The first-order chi connectivity index (χ1) is 8.70. The number of nitrogens with one attached hydrogen (secondary N) is 1. The lowest BCUT2D eigenvalue weighted by Crippen LogP contribution is -2.29. The van der Waals surface area contributed by atoms with E-state index >= 15 is 0 Å². The predicted octanol–water partition coefficient (Wildman–Crippen LogP) is 2.37. The number of hydrogen-bond acceptors (Lipinski definition) is 5. The van der Waals surface area contributed by atoms with Crippen molar-refractivity contribution in [2.24, 2.45) is 5.92 Å². The average Bonchev–Trinajstić information content (AvgIpc) is 2.80. The summed E-state index contributed by atoms with van der Waals surface area (Å²) in [5.74, 6) is 1.49. The van der Waals surface area contributed by atoms with Gasteiger partial charge >= 0.3 is 6.01 Å². The van der Waals surface area contributed by atoms with E-state index in [0.717, 1.165) is 25.4 Å². The van der Waals surface area contributed by atoms with Gasteiger partial charge in [-0.2, -0.15) is 0 Å². The van der Waals surface area contributed by atoms with Crippen molar-refractivity contribution < 1.29 is 4.42 Å². The Balaban J connectivity index is 1.87. The minimum Gasteiger partial charge on any atom is -0.406 e. The van der Waals surface area contributed by atoms with Crippen LogP contribution >= 0.6 is 0 Å². The Morgan fingerprint density at radius 2 is 2.22 bits per heavy atom. The molecule has 1 atom stereocenters. The molecule has 1 aliphatic carbocycles. The van der Waals surface area contributed by atoms with E-state index < -0.39 is 0 Å². The third kappa shape index (κ3) is 3.22. The third-order valence-electron chi connectivity index (χ3n) is 3.58. The zero-order valence-electron chi connectivity index (χ0n) is 11.6. The second kappa shape index (κ2) is 6.18. The van der Waals surface area contributed by atoms with E-state index in [1.54, 1.807) is 0 Å². The van der Waals surface area contributed by atoms with E-state index in [9.17, 15) is 0 Å². The standard InChI is InChI=1S/C13H24N4O/c1-4-8-14-10(2)12-15-16-13(18-12)17(3)9-11-6-5-7-11/h10-11,14H,4-9H2,1-3H3. The van der Waals surface area contributed by atoms with Crippen LogP contribution in [0.5, 0.6) is 0 Å². The summed E-state index contributed by atoms with van der Waals surface area (Å²) < 4.78 is 5.71.